The van der Waals surface area contributed by atoms with Crippen molar-refractivity contribution in [2.45, 2.75) is 33.6 Å². The van der Waals surface area contributed by atoms with Crippen LogP contribution < -0.4 is 4.90 Å². The highest BCUT2D eigenvalue weighted by atomic mass is 19.3. The molecule has 0 radical (unpaired) electrons. The number of rotatable bonds is 5. The summed E-state index contributed by atoms with van der Waals surface area (Å²) >= 11 is 0. The number of hydrogen-bond acceptors (Lipinski definition) is 6. The molecule has 0 aromatic carbocycles. The summed E-state index contributed by atoms with van der Waals surface area (Å²) in [7, 11) is 0. The van der Waals surface area contributed by atoms with Gasteiger partial charge in [-0.05, 0) is 31.4 Å². The van der Waals surface area contributed by atoms with E-state index in [9.17, 15) is 13.6 Å². The maximum atomic E-state index is 13.0. The summed E-state index contributed by atoms with van der Waals surface area (Å²) in [6.45, 7) is 7.13. The molecule has 2 aromatic heterocycles. The van der Waals surface area contributed by atoms with Crippen molar-refractivity contribution >= 4 is 17.4 Å². The number of fused-ring (bicyclic) bond motifs is 1. The van der Waals surface area contributed by atoms with Crippen molar-refractivity contribution in [3.63, 3.8) is 0 Å². The molecule has 0 aliphatic carbocycles. The number of alkyl halides is 2. The van der Waals surface area contributed by atoms with Gasteiger partial charge in [0, 0.05) is 13.1 Å². The topological polar surface area (TPSA) is 72.6 Å². The van der Waals surface area contributed by atoms with Gasteiger partial charge in [-0.2, -0.15) is 4.52 Å². The van der Waals surface area contributed by atoms with E-state index in [1.807, 2.05) is 18.7 Å². The van der Waals surface area contributed by atoms with E-state index in [1.165, 1.54) is 0 Å². The first-order valence-corrected chi connectivity index (χ1v) is 8.31. The van der Waals surface area contributed by atoms with Crippen LogP contribution in [0, 0.1) is 11.3 Å². The first-order valence-electron chi connectivity index (χ1n) is 8.31. The Morgan fingerprint density at radius 1 is 1.36 bits per heavy atom. The van der Waals surface area contributed by atoms with Crippen molar-refractivity contribution in [3.05, 3.63) is 18.0 Å². The van der Waals surface area contributed by atoms with Gasteiger partial charge >= 0.3 is 5.97 Å². The average molecular weight is 353 g/mol. The molecule has 1 aliphatic rings. The van der Waals surface area contributed by atoms with Crippen LogP contribution >= 0.6 is 0 Å². The smallest absolute Gasteiger partial charge is 0.314 e. The van der Waals surface area contributed by atoms with E-state index >= 15 is 0 Å². The molecule has 136 valence electrons. The standard InChI is InChI=1S/C16H21F2N5O2/c1-4-25-15(24)16(10(2)3)7-8-22(9-16)12-6-5-11-19-20-14(13(17)18)23(11)21-12/h5-6,10,13H,4,7-9H2,1-3H3. The quantitative estimate of drug-likeness (QED) is 0.769. The number of anilines is 1. The molecule has 1 aliphatic heterocycles. The van der Waals surface area contributed by atoms with Gasteiger partial charge in [0.15, 0.2) is 5.65 Å². The first kappa shape index (κ1) is 17.5. The van der Waals surface area contributed by atoms with Crippen molar-refractivity contribution < 1.29 is 18.3 Å². The van der Waals surface area contributed by atoms with E-state index in [-0.39, 0.29) is 17.5 Å². The molecule has 1 fully saturated rings. The van der Waals surface area contributed by atoms with E-state index in [0.717, 1.165) is 4.52 Å². The fourth-order valence-corrected chi connectivity index (χ4v) is 3.28. The Labute approximate surface area is 144 Å². The van der Waals surface area contributed by atoms with Gasteiger partial charge in [0.1, 0.15) is 5.82 Å². The maximum Gasteiger partial charge on any atom is 0.314 e. The van der Waals surface area contributed by atoms with Gasteiger partial charge in [-0.15, -0.1) is 15.3 Å². The summed E-state index contributed by atoms with van der Waals surface area (Å²) in [6, 6.07) is 3.31. The molecular weight excluding hydrogens is 332 g/mol. The number of halogens is 2. The molecule has 0 amide bonds. The maximum absolute atomic E-state index is 13.0. The number of aromatic nitrogens is 4. The number of ether oxygens (including phenoxy) is 1. The summed E-state index contributed by atoms with van der Waals surface area (Å²) in [5.41, 5.74) is -0.357. The molecule has 0 saturated carbocycles. The molecule has 7 nitrogen and oxygen atoms in total. The zero-order valence-corrected chi connectivity index (χ0v) is 14.4. The predicted octanol–water partition coefficient (Wildman–Crippen LogP) is 2.48. The van der Waals surface area contributed by atoms with Gasteiger partial charge in [-0.3, -0.25) is 4.79 Å². The van der Waals surface area contributed by atoms with Crippen molar-refractivity contribution in [1.29, 1.82) is 0 Å². The SMILES string of the molecule is CCOC(=O)C1(C(C)C)CCN(c2ccc3nnc(C(F)F)n3n2)C1. The molecule has 3 heterocycles. The highest BCUT2D eigenvalue weighted by Gasteiger charge is 2.48. The summed E-state index contributed by atoms with van der Waals surface area (Å²) < 4.78 is 32.4. The summed E-state index contributed by atoms with van der Waals surface area (Å²) in [6.07, 6.45) is -2.13. The van der Waals surface area contributed by atoms with Crippen LogP contribution in [0.25, 0.3) is 5.65 Å². The van der Waals surface area contributed by atoms with Crippen molar-refractivity contribution in [1.82, 2.24) is 19.8 Å². The lowest BCUT2D eigenvalue weighted by Gasteiger charge is -2.31. The lowest BCUT2D eigenvalue weighted by Crippen LogP contribution is -2.40. The van der Waals surface area contributed by atoms with Crippen LogP contribution in [-0.4, -0.2) is 45.5 Å². The van der Waals surface area contributed by atoms with Crippen LogP contribution in [0.2, 0.25) is 0 Å². The minimum Gasteiger partial charge on any atom is -0.466 e. The number of nitrogens with zero attached hydrogens (tertiary/aromatic N) is 5. The molecule has 1 atom stereocenters. The van der Waals surface area contributed by atoms with E-state index in [1.54, 1.807) is 19.1 Å². The van der Waals surface area contributed by atoms with E-state index in [0.29, 0.717) is 31.9 Å². The number of carbonyl (C=O) groups excluding carboxylic acids is 1. The van der Waals surface area contributed by atoms with Crippen LogP contribution in [0.1, 0.15) is 39.4 Å². The minimum absolute atomic E-state index is 0.0896. The van der Waals surface area contributed by atoms with Crippen molar-refractivity contribution in [3.8, 4) is 0 Å². The van der Waals surface area contributed by atoms with Gasteiger partial charge in [0.25, 0.3) is 6.43 Å². The Morgan fingerprint density at radius 3 is 2.76 bits per heavy atom. The average Bonchev–Trinajstić information content (AvgIpc) is 3.19. The van der Waals surface area contributed by atoms with Gasteiger partial charge in [-0.1, -0.05) is 13.8 Å². The van der Waals surface area contributed by atoms with E-state index < -0.39 is 17.7 Å². The Bertz CT molecular complexity index is 779. The molecule has 0 bridgehead atoms. The third-order valence-corrected chi connectivity index (χ3v) is 4.88. The van der Waals surface area contributed by atoms with Crippen LogP contribution in [0.5, 0.6) is 0 Å². The fourth-order valence-electron chi connectivity index (χ4n) is 3.28. The van der Waals surface area contributed by atoms with Gasteiger partial charge in [0.2, 0.25) is 5.82 Å². The zero-order chi connectivity index (χ0) is 18.2. The zero-order valence-electron chi connectivity index (χ0n) is 14.4. The number of esters is 1. The monoisotopic (exact) mass is 353 g/mol. The van der Waals surface area contributed by atoms with Crippen molar-refractivity contribution in [2.24, 2.45) is 11.3 Å². The molecule has 1 unspecified atom stereocenters. The van der Waals surface area contributed by atoms with Crippen LogP contribution in [0.3, 0.4) is 0 Å². The Balaban J connectivity index is 1.91. The third-order valence-electron chi connectivity index (χ3n) is 4.88. The fraction of sp³-hybridized carbons (Fsp3) is 0.625. The molecule has 25 heavy (non-hydrogen) atoms. The molecular formula is C16H21F2N5O2. The molecule has 2 aromatic rings. The molecule has 9 heteroatoms. The summed E-state index contributed by atoms with van der Waals surface area (Å²) in [5.74, 6) is -0.101. The second-order valence-electron chi connectivity index (χ2n) is 6.52. The molecule has 0 N–H and O–H groups in total. The lowest BCUT2D eigenvalue weighted by atomic mass is 9.76. The summed E-state index contributed by atoms with van der Waals surface area (Å²) in [5, 5.41) is 11.4. The Morgan fingerprint density at radius 2 is 2.12 bits per heavy atom. The highest BCUT2D eigenvalue weighted by molar-refractivity contribution is 5.79. The number of carbonyl (C=O) groups is 1. The summed E-state index contributed by atoms with van der Waals surface area (Å²) in [4.78, 5) is 14.4. The van der Waals surface area contributed by atoms with Crippen LogP contribution in [0.4, 0.5) is 14.6 Å². The van der Waals surface area contributed by atoms with E-state index in [2.05, 4.69) is 15.3 Å². The Hall–Kier alpha value is -2.32. The second kappa shape index (κ2) is 6.53. The van der Waals surface area contributed by atoms with E-state index in [4.69, 9.17) is 4.74 Å². The predicted molar refractivity (Wildman–Crippen MR) is 86.5 cm³/mol. The van der Waals surface area contributed by atoms with Gasteiger partial charge < -0.3 is 9.64 Å². The normalized spacial score (nSPS) is 20.8. The van der Waals surface area contributed by atoms with Crippen molar-refractivity contribution in [2.75, 3.05) is 24.6 Å². The van der Waals surface area contributed by atoms with Gasteiger partial charge in [0.05, 0.1) is 12.0 Å². The second-order valence-corrected chi connectivity index (χ2v) is 6.52. The van der Waals surface area contributed by atoms with Gasteiger partial charge in [-0.25, -0.2) is 8.78 Å². The third kappa shape index (κ3) is 2.91. The van der Waals surface area contributed by atoms with Crippen LogP contribution in [-0.2, 0) is 9.53 Å². The minimum atomic E-state index is -2.76. The largest absolute Gasteiger partial charge is 0.466 e. The molecule has 0 spiro atoms. The van der Waals surface area contributed by atoms with Crippen LogP contribution in [0.15, 0.2) is 12.1 Å². The highest BCUT2D eigenvalue weighted by Crippen LogP contribution is 2.40. The number of hydrogen-bond donors (Lipinski definition) is 0. The molecule has 3 rings (SSSR count). The molecule has 1 saturated heterocycles. The lowest BCUT2D eigenvalue weighted by molar-refractivity contribution is -0.156. The Kier molecular flexibility index (Phi) is 4.57. The first-order chi connectivity index (χ1) is 11.9.